The van der Waals surface area contributed by atoms with E-state index in [4.69, 9.17) is 15.2 Å². The van der Waals surface area contributed by atoms with Crippen molar-refractivity contribution < 1.29 is 9.47 Å². The summed E-state index contributed by atoms with van der Waals surface area (Å²) in [5.74, 6) is 0. The third kappa shape index (κ3) is 3.22. The molecule has 2 atom stereocenters. The fraction of sp³-hybridized carbons (Fsp3) is 0.538. The van der Waals surface area contributed by atoms with E-state index < -0.39 is 0 Å². The fourth-order valence-electron chi connectivity index (χ4n) is 1.93. The van der Waals surface area contributed by atoms with Gasteiger partial charge in [0.1, 0.15) is 0 Å². The van der Waals surface area contributed by atoms with Crippen LogP contribution >= 0.6 is 0 Å². The van der Waals surface area contributed by atoms with E-state index >= 15 is 0 Å². The van der Waals surface area contributed by atoms with Gasteiger partial charge in [-0.3, -0.25) is 0 Å². The summed E-state index contributed by atoms with van der Waals surface area (Å²) in [7, 11) is 0. The zero-order chi connectivity index (χ0) is 11.4. The van der Waals surface area contributed by atoms with Gasteiger partial charge in [-0.05, 0) is 37.5 Å². The molecular weight excluding hydrogens is 202 g/mol. The summed E-state index contributed by atoms with van der Waals surface area (Å²) in [5.41, 5.74) is 7.55. The predicted molar refractivity (Wildman–Crippen MR) is 64.1 cm³/mol. The molecule has 2 N–H and O–H groups in total. The Bertz CT molecular complexity index is 323. The molecule has 1 saturated heterocycles. The van der Waals surface area contributed by atoms with Crippen molar-refractivity contribution in [2.24, 2.45) is 0 Å². The molecule has 1 aliphatic heterocycles. The molecule has 0 amide bonds. The average molecular weight is 221 g/mol. The molecule has 1 fully saturated rings. The summed E-state index contributed by atoms with van der Waals surface area (Å²) >= 11 is 0. The van der Waals surface area contributed by atoms with Crippen molar-refractivity contribution in [3.8, 4) is 0 Å². The molecule has 0 spiro atoms. The van der Waals surface area contributed by atoms with Crippen molar-refractivity contribution in [3.05, 3.63) is 29.8 Å². The van der Waals surface area contributed by atoms with Crippen LogP contribution < -0.4 is 5.73 Å². The second kappa shape index (κ2) is 5.32. The molecule has 1 aromatic carbocycles. The molecule has 16 heavy (non-hydrogen) atoms. The molecule has 2 rings (SSSR count). The zero-order valence-electron chi connectivity index (χ0n) is 9.69. The van der Waals surface area contributed by atoms with Crippen LogP contribution in [0.15, 0.2) is 24.3 Å². The van der Waals surface area contributed by atoms with Crippen molar-refractivity contribution in [2.75, 3.05) is 12.3 Å². The molecule has 1 aromatic rings. The number of nitrogen functional groups attached to an aromatic ring is 1. The van der Waals surface area contributed by atoms with Crippen molar-refractivity contribution in [2.45, 2.75) is 38.6 Å². The van der Waals surface area contributed by atoms with Crippen LogP contribution in [0, 0.1) is 0 Å². The van der Waals surface area contributed by atoms with Gasteiger partial charge in [-0.2, -0.15) is 0 Å². The summed E-state index contributed by atoms with van der Waals surface area (Å²) in [4.78, 5) is 0. The van der Waals surface area contributed by atoms with Gasteiger partial charge in [0.15, 0.2) is 0 Å². The second-order valence-corrected chi connectivity index (χ2v) is 4.40. The minimum atomic E-state index is 0.281. The molecule has 0 aromatic heterocycles. The van der Waals surface area contributed by atoms with Crippen LogP contribution in [-0.4, -0.2) is 18.8 Å². The second-order valence-electron chi connectivity index (χ2n) is 4.40. The van der Waals surface area contributed by atoms with Crippen LogP contribution in [0.3, 0.4) is 0 Å². The van der Waals surface area contributed by atoms with Crippen LogP contribution in [0.25, 0.3) is 0 Å². The number of rotatable bonds is 4. The SMILES string of the molecule is CC1CCC(COCc2ccc(N)cc2)O1. The highest BCUT2D eigenvalue weighted by Gasteiger charge is 2.21. The summed E-state index contributed by atoms with van der Waals surface area (Å²) in [6.45, 7) is 3.43. The standard InChI is InChI=1S/C13H19NO2/c1-10-2-7-13(16-10)9-15-8-11-3-5-12(14)6-4-11/h3-6,10,13H,2,7-9,14H2,1H3. The molecule has 0 radical (unpaired) electrons. The Morgan fingerprint density at radius 1 is 1.31 bits per heavy atom. The lowest BCUT2D eigenvalue weighted by atomic mass is 10.2. The van der Waals surface area contributed by atoms with Crippen LogP contribution in [0.4, 0.5) is 5.69 Å². The third-order valence-electron chi connectivity index (χ3n) is 2.87. The van der Waals surface area contributed by atoms with Gasteiger partial charge >= 0.3 is 0 Å². The van der Waals surface area contributed by atoms with Crippen LogP contribution in [0.5, 0.6) is 0 Å². The molecule has 0 bridgehead atoms. The quantitative estimate of drug-likeness (QED) is 0.794. The van der Waals surface area contributed by atoms with Gasteiger partial charge in [0, 0.05) is 5.69 Å². The highest BCUT2D eigenvalue weighted by Crippen LogP contribution is 2.19. The minimum Gasteiger partial charge on any atom is -0.399 e. The molecule has 3 heteroatoms. The van der Waals surface area contributed by atoms with Crippen molar-refractivity contribution in [3.63, 3.8) is 0 Å². The lowest BCUT2D eigenvalue weighted by Gasteiger charge is -2.11. The van der Waals surface area contributed by atoms with Gasteiger partial charge in [-0.25, -0.2) is 0 Å². The molecule has 1 heterocycles. The lowest BCUT2D eigenvalue weighted by Crippen LogP contribution is -2.15. The molecule has 88 valence electrons. The molecule has 0 aliphatic carbocycles. The van der Waals surface area contributed by atoms with E-state index in [-0.39, 0.29) is 6.10 Å². The molecule has 2 unspecified atom stereocenters. The zero-order valence-corrected chi connectivity index (χ0v) is 9.69. The first-order valence-electron chi connectivity index (χ1n) is 5.81. The Morgan fingerprint density at radius 2 is 2.06 bits per heavy atom. The van der Waals surface area contributed by atoms with Crippen LogP contribution in [0.2, 0.25) is 0 Å². The maximum Gasteiger partial charge on any atom is 0.0813 e. The summed E-state index contributed by atoms with van der Waals surface area (Å²) < 4.78 is 11.3. The topological polar surface area (TPSA) is 44.5 Å². The van der Waals surface area contributed by atoms with E-state index in [1.807, 2.05) is 24.3 Å². The summed E-state index contributed by atoms with van der Waals surface area (Å²) in [6.07, 6.45) is 2.94. The van der Waals surface area contributed by atoms with E-state index in [0.29, 0.717) is 19.3 Å². The van der Waals surface area contributed by atoms with Gasteiger partial charge in [0.2, 0.25) is 0 Å². The van der Waals surface area contributed by atoms with Gasteiger partial charge in [0.25, 0.3) is 0 Å². The number of hydrogen-bond acceptors (Lipinski definition) is 3. The fourth-order valence-corrected chi connectivity index (χ4v) is 1.93. The first-order chi connectivity index (χ1) is 7.74. The van der Waals surface area contributed by atoms with Crippen LogP contribution in [0.1, 0.15) is 25.3 Å². The smallest absolute Gasteiger partial charge is 0.0813 e. The van der Waals surface area contributed by atoms with Gasteiger partial charge < -0.3 is 15.2 Å². The first kappa shape index (κ1) is 11.4. The maximum absolute atomic E-state index is 5.67. The monoisotopic (exact) mass is 221 g/mol. The average Bonchev–Trinajstić information content (AvgIpc) is 2.67. The Kier molecular flexibility index (Phi) is 3.80. The normalized spacial score (nSPS) is 24.8. The van der Waals surface area contributed by atoms with Crippen molar-refractivity contribution in [1.82, 2.24) is 0 Å². The summed E-state index contributed by atoms with van der Waals surface area (Å²) in [6, 6.07) is 7.78. The van der Waals surface area contributed by atoms with Crippen molar-refractivity contribution >= 4 is 5.69 Å². The number of hydrogen-bond donors (Lipinski definition) is 1. The van der Waals surface area contributed by atoms with E-state index in [1.54, 1.807) is 0 Å². The van der Waals surface area contributed by atoms with Gasteiger partial charge in [0.05, 0.1) is 25.4 Å². The number of ether oxygens (including phenoxy) is 2. The highest BCUT2D eigenvalue weighted by molar-refractivity contribution is 5.39. The minimum absolute atomic E-state index is 0.281. The number of benzene rings is 1. The Morgan fingerprint density at radius 3 is 2.69 bits per heavy atom. The molecule has 3 nitrogen and oxygen atoms in total. The molecular formula is C13H19NO2. The maximum atomic E-state index is 5.67. The van der Waals surface area contributed by atoms with E-state index in [0.717, 1.165) is 24.1 Å². The highest BCUT2D eigenvalue weighted by atomic mass is 16.5. The molecule has 0 saturated carbocycles. The number of nitrogens with two attached hydrogens (primary N) is 1. The van der Waals surface area contributed by atoms with Crippen LogP contribution in [-0.2, 0) is 16.1 Å². The Labute approximate surface area is 96.5 Å². The number of anilines is 1. The third-order valence-corrected chi connectivity index (χ3v) is 2.87. The van der Waals surface area contributed by atoms with Gasteiger partial charge in [-0.15, -0.1) is 0 Å². The predicted octanol–water partition coefficient (Wildman–Crippen LogP) is 2.35. The Balaban J connectivity index is 1.70. The molecule has 1 aliphatic rings. The van der Waals surface area contributed by atoms with E-state index in [1.165, 1.54) is 0 Å². The van der Waals surface area contributed by atoms with E-state index in [9.17, 15) is 0 Å². The first-order valence-corrected chi connectivity index (χ1v) is 5.81. The van der Waals surface area contributed by atoms with E-state index in [2.05, 4.69) is 6.92 Å². The van der Waals surface area contributed by atoms with Crippen molar-refractivity contribution in [1.29, 1.82) is 0 Å². The Hall–Kier alpha value is -1.06. The summed E-state index contributed by atoms with van der Waals surface area (Å²) in [5, 5.41) is 0. The van der Waals surface area contributed by atoms with Gasteiger partial charge in [-0.1, -0.05) is 12.1 Å². The lowest BCUT2D eigenvalue weighted by molar-refractivity contribution is -0.0142. The largest absolute Gasteiger partial charge is 0.399 e.